The molecule has 0 amide bonds. The van der Waals surface area contributed by atoms with E-state index in [9.17, 15) is 4.39 Å². The van der Waals surface area contributed by atoms with E-state index < -0.39 is 5.82 Å². The van der Waals surface area contributed by atoms with Gasteiger partial charge in [-0.05, 0) is 30.7 Å². The fraction of sp³-hybridized carbons (Fsp3) is 0.200. The summed E-state index contributed by atoms with van der Waals surface area (Å²) in [5.41, 5.74) is 1.60. The minimum Gasteiger partial charge on any atom is -0.494 e. The molecule has 0 atom stereocenters. The molecule has 0 aliphatic rings. The maximum absolute atomic E-state index is 13.7. The number of aromatic nitrogens is 3. The Hall–Kier alpha value is -2.48. The van der Waals surface area contributed by atoms with Crippen LogP contribution in [-0.2, 0) is 5.75 Å². The zero-order chi connectivity index (χ0) is 16.4. The molecule has 2 N–H and O–H groups in total. The highest BCUT2D eigenvalue weighted by Crippen LogP contribution is 2.27. The van der Waals surface area contributed by atoms with Crippen molar-refractivity contribution in [2.45, 2.75) is 17.8 Å². The van der Waals surface area contributed by atoms with Crippen molar-refractivity contribution >= 4 is 11.8 Å². The first-order chi connectivity index (χ1) is 11.1. The molecule has 1 aromatic carbocycles. The topological polar surface area (TPSA) is 79.1 Å². The Balaban J connectivity index is 1.76. The SMILES string of the molecule is COc1ccc(CSc2nnc(-c3ccoc3C)n2N)cc1F. The molecule has 2 heterocycles. The van der Waals surface area contributed by atoms with Gasteiger partial charge in [-0.3, -0.25) is 0 Å². The number of benzene rings is 1. The van der Waals surface area contributed by atoms with E-state index in [1.54, 1.807) is 24.5 Å². The number of nitrogens with zero attached hydrogens (tertiary/aromatic N) is 3. The summed E-state index contributed by atoms with van der Waals surface area (Å²) in [5.74, 6) is 7.63. The van der Waals surface area contributed by atoms with E-state index in [1.165, 1.54) is 29.6 Å². The van der Waals surface area contributed by atoms with Gasteiger partial charge in [-0.1, -0.05) is 17.8 Å². The van der Waals surface area contributed by atoms with Crippen LogP contribution in [0.15, 0.2) is 40.1 Å². The van der Waals surface area contributed by atoms with Gasteiger partial charge < -0.3 is 15.0 Å². The van der Waals surface area contributed by atoms with Crippen LogP contribution in [0.5, 0.6) is 5.75 Å². The lowest BCUT2D eigenvalue weighted by Crippen LogP contribution is -2.11. The Bertz CT molecular complexity index is 831. The normalized spacial score (nSPS) is 10.9. The number of furan rings is 1. The van der Waals surface area contributed by atoms with Gasteiger partial charge in [0.05, 0.1) is 18.9 Å². The van der Waals surface area contributed by atoms with Crippen LogP contribution in [0.25, 0.3) is 11.4 Å². The molecule has 0 aliphatic heterocycles. The number of methoxy groups -OCH3 is 1. The summed E-state index contributed by atoms with van der Waals surface area (Å²) < 4.78 is 25.2. The van der Waals surface area contributed by atoms with E-state index >= 15 is 0 Å². The summed E-state index contributed by atoms with van der Waals surface area (Å²) in [6.45, 7) is 1.83. The smallest absolute Gasteiger partial charge is 0.210 e. The fourth-order valence-electron chi connectivity index (χ4n) is 2.12. The molecule has 6 nitrogen and oxygen atoms in total. The minimum absolute atomic E-state index is 0.221. The van der Waals surface area contributed by atoms with Gasteiger partial charge >= 0.3 is 0 Å². The van der Waals surface area contributed by atoms with Crippen molar-refractivity contribution < 1.29 is 13.5 Å². The summed E-state index contributed by atoms with van der Waals surface area (Å²) in [7, 11) is 1.43. The summed E-state index contributed by atoms with van der Waals surface area (Å²) >= 11 is 1.37. The van der Waals surface area contributed by atoms with Crippen LogP contribution in [0.4, 0.5) is 4.39 Å². The molecular formula is C15H15FN4O2S. The number of halogens is 1. The number of hydrogen-bond donors (Lipinski definition) is 1. The molecule has 0 saturated heterocycles. The quantitative estimate of drug-likeness (QED) is 0.571. The van der Waals surface area contributed by atoms with Crippen molar-refractivity contribution in [2.24, 2.45) is 0 Å². The second-order valence-electron chi connectivity index (χ2n) is 4.82. The van der Waals surface area contributed by atoms with Crippen LogP contribution in [0.2, 0.25) is 0 Å². The Kier molecular flexibility index (Phi) is 4.24. The number of rotatable bonds is 5. The Morgan fingerprint density at radius 3 is 2.83 bits per heavy atom. The molecule has 120 valence electrons. The van der Waals surface area contributed by atoms with Crippen molar-refractivity contribution in [3.05, 3.63) is 47.7 Å². The highest BCUT2D eigenvalue weighted by molar-refractivity contribution is 7.98. The number of thioether (sulfide) groups is 1. The molecule has 0 aliphatic carbocycles. The Labute approximate surface area is 136 Å². The predicted octanol–water partition coefficient (Wildman–Crippen LogP) is 3.00. The van der Waals surface area contributed by atoms with E-state index in [0.717, 1.165) is 16.9 Å². The lowest BCUT2D eigenvalue weighted by atomic mass is 10.2. The first kappa shape index (κ1) is 15.4. The van der Waals surface area contributed by atoms with Gasteiger partial charge in [0.2, 0.25) is 5.16 Å². The molecule has 2 aromatic heterocycles. The first-order valence-electron chi connectivity index (χ1n) is 6.80. The van der Waals surface area contributed by atoms with Gasteiger partial charge in [0.15, 0.2) is 17.4 Å². The zero-order valence-corrected chi connectivity index (χ0v) is 13.4. The molecular weight excluding hydrogens is 319 g/mol. The van der Waals surface area contributed by atoms with Crippen molar-refractivity contribution in [1.29, 1.82) is 0 Å². The van der Waals surface area contributed by atoms with Gasteiger partial charge in [0, 0.05) is 5.75 Å². The molecule has 0 spiro atoms. The zero-order valence-electron chi connectivity index (χ0n) is 12.6. The first-order valence-corrected chi connectivity index (χ1v) is 7.79. The second kappa shape index (κ2) is 6.33. The van der Waals surface area contributed by atoms with Crippen LogP contribution in [0.3, 0.4) is 0 Å². The second-order valence-corrected chi connectivity index (χ2v) is 5.77. The average Bonchev–Trinajstić information content (AvgIpc) is 3.11. The molecule has 0 fully saturated rings. The highest BCUT2D eigenvalue weighted by Gasteiger charge is 2.16. The number of hydrogen-bond acceptors (Lipinski definition) is 6. The third-order valence-corrected chi connectivity index (χ3v) is 4.36. The lowest BCUT2D eigenvalue weighted by Gasteiger charge is -2.05. The molecule has 0 bridgehead atoms. The molecule has 23 heavy (non-hydrogen) atoms. The van der Waals surface area contributed by atoms with Crippen molar-refractivity contribution in [3.63, 3.8) is 0 Å². The van der Waals surface area contributed by atoms with Crippen LogP contribution in [0.1, 0.15) is 11.3 Å². The van der Waals surface area contributed by atoms with E-state index in [2.05, 4.69) is 10.2 Å². The molecule has 0 saturated carbocycles. The molecule has 3 aromatic rings. The van der Waals surface area contributed by atoms with Crippen molar-refractivity contribution in [2.75, 3.05) is 13.0 Å². The third-order valence-electron chi connectivity index (χ3n) is 3.35. The summed E-state index contributed by atoms with van der Waals surface area (Å²) in [6.07, 6.45) is 1.58. The van der Waals surface area contributed by atoms with Gasteiger partial charge in [0.25, 0.3) is 0 Å². The number of aryl methyl sites for hydroxylation is 1. The fourth-order valence-corrected chi connectivity index (χ4v) is 2.92. The van der Waals surface area contributed by atoms with E-state index in [1.807, 2.05) is 6.92 Å². The predicted molar refractivity (Wildman–Crippen MR) is 85.1 cm³/mol. The van der Waals surface area contributed by atoms with Crippen LogP contribution in [-0.4, -0.2) is 22.0 Å². The highest BCUT2D eigenvalue weighted by atomic mass is 32.2. The monoisotopic (exact) mass is 334 g/mol. The minimum atomic E-state index is -0.394. The maximum Gasteiger partial charge on any atom is 0.210 e. The molecule has 0 radical (unpaired) electrons. The van der Waals surface area contributed by atoms with E-state index in [4.69, 9.17) is 15.0 Å². The lowest BCUT2D eigenvalue weighted by molar-refractivity contribution is 0.386. The van der Waals surface area contributed by atoms with Crippen molar-refractivity contribution in [3.8, 4) is 17.1 Å². The van der Waals surface area contributed by atoms with Gasteiger partial charge in [-0.25, -0.2) is 9.07 Å². The summed E-state index contributed by atoms with van der Waals surface area (Å²) in [6, 6.07) is 6.62. The largest absolute Gasteiger partial charge is 0.494 e. The number of nitrogen functional groups attached to an aromatic ring is 1. The summed E-state index contributed by atoms with van der Waals surface area (Å²) in [5, 5.41) is 8.70. The van der Waals surface area contributed by atoms with Gasteiger partial charge in [-0.15, -0.1) is 10.2 Å². The van der Waals surface area contributed by atoms with E-state index in [-0.39, 0.29) is 5.75 Å². The maximum atomic E-state index is 13.7. The molecule has 8 heteroatoms. The van der Waals surface area contributed by atoms with Crippen molar-refractivity contribution in [1.82, 2.24) is 14.9 Å². The Morgan fingerprint density at radius 1 is 1.35 bits per heavy atom. The molecule has 3 rings (SSSR count). The average molecular weight is 334 g/mol. The third kappa shape index (κ3) is 3.02. The number of nitrogens with two attached hydrogens (primary N) is 1. The number of ether oxygens (including phenoxy) is 1. The van der Waals surface area contributed by atoms with Crippen LogP contribution < -0.4 is 10.6 Å². The standard InChI is InChI=1S/C15H15FN4O2S/c1-9-11(5-6-22-9)14-18-19-15(20(14)17)23-8-10-3-4-13(21-2)12(16)7-10/h3-7H,8,17H2,1-2H3. The van der Waals surface area contributed by atoms with Gasteiger partial charge in [-0.2, -0.15) is 0 Å². The van der Waals surface area contributed by atoms with Crippen LogP contribution in [0, 0.1) is 12.7 Å². The van der Waals surface area contributed by atoms with Crippen LogP contribution >= 0.6 is 11.8 Å². The Morgan fingerprint density at radius 2 is 2.17 bits per heavy atom. The molecule has 0 unspecified atom stereocenters. The van der Waals surface area contributed by atoms with E-state index in [0.29, 0.717) is 16.7 Å². The summed E-state index contributed by atoms with van der Waals surface area (Å²) in [4.78, 5) is 0. The van der Waals surface area contributed by atoms with Gasteiger partial charge in [0.1, 0.15) is 5.76 Å².